The Morgan fingerprint density at radius 3 is 2.42 bits per heavy atom. The summed E-state index contributed by atoms with van der Waals surface area (Å²) in [4.78, 5) is 2.80. The molecule has 2 atom stereocenters. The van der Waals surface area contributed by atoms with Crippen LogP contribution in [0.1, 0.15) is 71.6 Å². The van der Waals surface area contributed by atoms with E-state index in [2.05, 4.69) is 24.1 Å². The zero-order valence-electron chi connectivity index (χ0n) is 13.2. The van der Waals surface area contributed by atoms with Crippen molar-refractivity contribution in [2.45, 2.75) is 83.7 Å². The average molecular weight is 266 g/mol. The molecule has 1 saturated carbocycles. The Kier molecular flexibility index (Phi) is 6.66. The molecule has 0 aromatic rings. The summed E-state index contributed by atoms with van der Waals surface area (Å²) in [5, 5.41) is 3.80. The van der Waals surface area contributed by atoms with Gasteiger partial charge in [-0.05, 0) is 51.1 Å². The lowest BCUT2D eigenvalue weighted by Crippen LogP contribution is -2.50. The van der Waals surface area contributed by atoms with Crippen LogP contribution in [0.4, 0.5) is 0 Å². The monoisotopic (exact) mass is 266 g/mol. The first-order chi connectivity index (χ1) is 9.35. The first kappa shape index (κ1) is 15.3. The van der Waals surface area contributed by atoms with Gasteiger partial charge in [-0.25, -0.2) is 0 Å². The van der Waals surface area contributed by atoms with E-state index in [1.807, 2.05) is 0 Å². The molecule has 2 fully saturated rings. The van der Waals surface area contributed by atoms with Gasteiger partial charge in [0, 0.05) is 18.6 Å². The van der Waals surface area contributed by atoms with E-state index in [-0.39, 0.29) is 0 Å². The average Bonchev–Trinajstić information content (AvgIpc) is 2.48. The van der Waals surface area contributed by atoms with Crippen molar-refractivity contribution in [2.75, 3.05) is 19.6 Å². The van der Waals surface area contributed by atoms with Crippen molar-refractivity contribution in [1.29, 1.82) is 0 Å². The number of likely N-dealkylation sites (N-methyl/N-ethyl adjacent to an activating group) is 1. The van der Waals surface area contributed by atoms with Gasteiger partial charge in [0.25, 0.3) is 0 Å². The molecule has 2 aliphatic rings. The molecular weight excluding hydrogens is 232 g/mol. The summed E-state index contributed by atoms with van der Waals surface area (Å²) in [7, 11) is 0. The smallest absolute Gasteiger partial charge is 0.0223 e. The van der Waals surface area contributed by atoms with Gasteiger partial charge in [0.15, 0.2) is 0 Å². The molecule has 1 aliphatic carbocycles. The molecule has 1 saturated heterocycles. The van der Waals surface area contributed by atoms with E-state index >= 15 is 0 Å². The van der Waals surface area contributed by atoms with Crippen molar-refractivity contribution in [2.24, 2.45) is 5.92 Å². The van der Waals surface area contributed by atoms with Crippen molar-refractivity contribution < 1.29 is 0 Å². The molecule has 0 radical (unpaired) electrons. The SMILES string of the molecule is CCNC(CN1CCCCC1CC)C1CCCCC1. The minimum Gasteiger partial charge on any atom is -0.313 e. The lowest BCUT2D eigenvalue weighted by Gasteiger charge is -2.40. The van der Waals surface area contributed by atoms with Gasteiger partial charge in [-0.15, -0.1) is 0 Å². The quantitative estimate of drug-likeness (QED) is 0.786. The second kappa shape index (κ2) is 8.26. The molecule has 112 valence electrons. The molecular formula is C17H34N2. The third kappa shape index (κ3) is 4.46. The van der Waals surface area contributed by atoms with E-state index in [9.17, 15) is 0 Å². The summed E-state index contributed by atoms with van der Waals surface area (Å²) in [6.45, 7) is 8.41. The molecule has 0 bridgehead atoms. The van der Waals surface area contributed by atoms with Crippen LogP contribution in [0, 0.1) is 5.92 Å². The molecule has 2 heteroatoms. The molecule has 19 heavy (non-hydrogen) atoms. The van der Waals surface area contributed by atoms with Crippen molar-refractivity contribution in [1.82, 2.24) is 10.2 Å². The predicted molar refractivity (Wildman–Crippen MR) is 83.5 cm³/mol. The highest BCUT2D eigenvalue weighted by atomic mass is 15.2. The number of rotatable bonds is 6. The Balaban J connectivity index is 1.90. The maximum atomic E-state index is 3.80. The van der Waals surface area contributed by atoms with Crippen molar-refractivity contribution in [3.8, 4) is 0 Å². The van der Waals surface area contributed by atoms with Crippen molar-refractivity contribution >= 4 is 0 Å². The lowest BCUT2D eigenvalue weighted by atomic mass is 9.83. The van der Waals surface area contributed by atoms with Gasteiger partial charge >= 0.3 is 0 Å². The Morgan fingerprint density at radius 1 is 1.00 bits per heavy atom. The van der Waals surface area contributed by atoms with Crippen LogP contribution in [0.5, 0.6) is 0 Å². The Labute approximate surface area is 120 Å². The normalized spacial score (nSPS) is 28.4. The Bertz CT molecular complexity index is 235. The number of piperidine rings is 1. The molecule has 0 spiro atoms. The Hall–Kier alpha value is -0.0800. The largest absolute Gasteiger partial charge is 0.313 e. The second-order valence-electron chi connectivity index (χ2n) is 6.62. The zero-order chi connectivity index (χ0) is 13.5. The standard InChI is InChI=1S/C17H34N2/c1-3-16-12-8-9-13-19(16)14-17(18-4-2)15-10-6-5-7-11-15/h15-18H,3-14H2,1-2H3. The lowest BCUT2D eigenvalue weighted by molar-refractivity contribution is 0.108. The van der Waals surface area contributed by atoms with E-state index in [0.717, 1.165) is 24.5 Å². The molecule has 1 aliphatic heterocycles. The second-order valence-corrected chi connectivity index (χ2v) is 6.62. The third-order valence-corrected chi connectivity index (χ3v) is 5.34. The summed E-state index contributed by atoms with van der Waals surface area (Å²) < 4.78 is 0. The fourth-order valence-corrected chi connectivity index (χ4v) is 4.19. The minimum atomic E-state index is 0.748. The van der Waals surface area contributed by atoms with E-state index in [0.29, 0.717) is 0 Å². The van der Waals surface area contributed by atoms with Crippen LogP contribution in [0.3, 0.4) is 0 Å². The molecule has 0 aromatic carbocycles. The van der Waals surface area contributed by atoms with Gasteiger partial charge in [0.1, 0.15) is 0 Å². The van der Waals surface area contributed by atoms with Gasteiger partial charge in [-0.2, -0.15) is 0 Å². The molecule has 1 N–H and O–H groups in total. The highest BCUT2D eigenvalue weighted by molar-refractivity contribution is 4.85. The fraction of sp³-hybridized carbons (Fsp3) is 1.00. The van der Waals surface area contributed by atoms with Crippen molar-refractivity contribution in [3.05, 3.63) is 0 Å². The molecule has 2 nitrogen and oxygen atoms in total. The zero-order valence-corrected chi connectivity index (χ0v) is 13.2. The van der Waals surface area contributed by atoms with Crippen LogP contribution >= 0.6 is 0 Å². The predicted octanol–water partition coefficient (Wildman–Crippen LogP) is 3.81. The first-order valence-electron chi connectivity index (χ1n) is 8.82. The van der Waals surface area contributed by atoms with Gasteiger partial charge in [0.05, 0.1) is 0 Å². The van der Waals surface area contributed by atoms with Crippen molar-refractivity contribution in [3.63, 3.8) is 0 Å². The highest BCUT2D eigenvalue weighted by Crippen LogP contribution is 2.28. The summed E-state index contributed by atoms with van der Waals surface area (Å²) in [5.41, 5.74) is 0. The minimum absolute atomic E-state index is 0.748. The fourth-order valence-electron chi connectivity index (χ4n) is 4.19. The highest BCUT2D eigenvalue weighted by Gasteiger charge is 2.28. The maximum Gasteiger partial charge on any atom is 0.0223 e. The van der Waals surface area contributed by atoms with Gasteiger partial charge in [-0.1, -0.05) is 39.5 Å². The maximum absolute atomic E-state index is 3.80. The van der Waals surface area contributed by atoms with E-state index < -0.39 is 0 Å². The molecule has 0 amide bonds. The van der Waals surface area contributed by atoms with E-state index in [1.165, 1.54) is 70.9 Å². The van der Waals surface area contributed by atoms with E-state index in [1.54, 1.807) is 0 Å². The number of hydrogen-bond donors (Lipinski definition) is 1. The number of hydrogen-bond acceptors (Lipinski definition) is 2. The molecule has 2 rings (SSSR count). The van der Waals surface area contributed by atoms with Gasteiger partial charge in [-0.3, -0.25) is 4.90 Å². The Morgan fingerprint density at radius 2 is 1.74 bits per heavy atom. The third-order valence-electron chi connectivity index (χ3n) is 5.34. The van der Waals surface area contributed by atoms with Crippen LogP contribution < -0.4 is 5.32 Å². The molecule has 0 aromatic heterocycles. The van der Waals surface area contributed by atoms with E-state index in [4.69, 9.17) is 0 Å². The topological polar surface area (TPSA) is 15.3 Å². The summed E-state index contributed by atoms with van der Waals surface area (Å²) >= 11 is 0. The van der Waals surface area contributed by atoms with Crippen LogP contribution in [0.2, 0.25) is 0 Å². The number of nitrogens with one attached hydrogen (secondary N) is 1. The molecule has 1 heterocycles. The summed E-state index contributed by atoms with van der Waals surface area (Å²) in [5.74, 6) is 0.938. The first-order valence-corrected chi connectivity index (χ1v) is 8.82. The van der Waals surface area contributed by atoms with Gasteiger partial charge in [0.2, 0.25) is 0 Å². The molecule has 2 unspecified atom stereocenters. The number of nitrogens with zero attached hydrogens (tertiary/aromatic N) is 1. The van der Waals surface area contributed by atoms with Crippen LogP contribution in [0.25, 0.3) is 0 Å². The van der Waals surface area contributed by atoms with Gasteiger partial charge < -0.3 is 5.32 Å². The van der Waals surface area contributed by atoms with Crippen LogP contribution in [0.15, 0.2) is 0 Å². The number of likely N-dealkylation sites (tertiary alicyclic amines) is 1. The summed E-state index contributed by atoms with van der Waals surface area (Å²) in [6, 6.07) is 1.61. The van der Waals surface area contributed by atoms with Crippen LogP contribution in [-0.2, 0) is 0 Å². The summed E-state index contributed by atoms with van der Waals surface area (Å²) in [6.07, 6.45) is 12.9. The van der Waals surface area contributed by atoms with Crippen LogP contribution in [-0.4, -0.2) is 36.6 Å².